The fourth-order valence-electron chi connectivity index (χ4n) is 2.87. The third-order valence-electron chi connectivity index (χ3n) is 4.29. The van der Waals surface area contributed by atoms with Crippen molar-refractivity contribution in [3.8, 4) is 0 Å². The van der Waals surface area contributed by atoms with E-state index in [9.17, 15) is 19.5 Å². The molecule has 0 saturated heterocycles. The summed E-state index contributed by atoms with van der Waals surface area (Å²) in [7, 11) is 0. The lowest BCUT2D eigenvalue weighted by molar-refractivity contribution is -0.139. The molecule has 0 aromatic heterocycles. The van der Waals surface area contributed by atoms with E-state index in [-0.39, 0.29) is 17.2 Å². The highest BCUT2D eigenvalue weighted by Gasteiger charge is 2.46. The number of aliphatic hydroxyl groups is 1. The van der Waals surface area contributed by atoms with Gasteiger partial charge in [-0.05, 0) is 18.2 Å². The van der Waals surface area contributed by atoms with Crippen LogP contribution < -0.4 is 22.0 Å². The number of anilines is 1. The Bertz CT molecular complexity index is 1040. The molecule has 1 aliphatic heterocycles. The van der Waals surface area contributed by atoms with Gasteiger partial charge in [0, 0.05) is 28.3 Å². The molecule has 0 spiro atoms. The molecule has 1 aliphatic rings. The van der Waals surface area contributed by atoms with Crippen LogP contribution in [0.1, 0.15) is 17.5 Å². The Balaban J connectivity index is 2.03. The number of benzene rings is 2. The second-order valence-corrected chi connectivity index (χ2v) is 6.98. The van der Waals surface area contributed by atoms with Crippen molar-refractivity contribution in [2.45, 2.75) is 12.0 Å². The van der Waals surface area contributed by atoms with E-state index in [4.69, 9.17) is 29.0 Å². The number of carbonyl (C=O) groups is 3. The SMILES string of the molecule is NNC(=O)C(=O)N/N=C(/C[C@@]1(O)C(=O)Nc2ccccc21)c1ccc(Cl)cc1Cl. The highest BCUT2D eigenvalue weighted by atomic mass is 35.5. The number of halogens is 2. The van der Waals surface area contributed by atoms with Crippen molar-refractivity contribution in [1.29, 1.82) is 0 Å². The van der Waals surface area contributed by atoms with Gasteiger partial charge in [0.25, 0.3) is 5.91 Å². The molecule has 0 aliphatic carbocycles. The van der Waals surface area contributed by atoms with Gasteiger partial charge >= 0.3 is 11.8 Å². The Kier molecular flexibility index (Phi) is 5.85. The molecule has 0 fully saturated rings. The first kappa shape index (κ1) is 20.7. The lowest BCUT2D eigenvalue weighted by Gasteiger charge is -2.22. The number of para-hydroxylation sites is 1. The molecule has 2 aromatic rings. The first-order valence-corrected chi connectivity index (χ1v) is 8.98. The van der Waals surface area contributed by atoms with Gasteiger partial charge in [-0.25, -0.2) is 11.3 Å². The molecular weight excluding hydrogens is 421 g/mol. The quantitative estimate of drug-likeness (QED) is 0.160. The molecule has 150 valence electrons. The van der Waals surface area contributed by atoms with Crippen LogP contribution in [0.3, 0.4) is 0 Å². The third kappa shape index (κ3) is 4.08. The predicted molar refractivity (Wildman–Crippen MR) is 107 cm³/mol. The van der Waals surface area contributed by atoms with E-state index >= 15 is 0 Å². The molecule has 6 N–H and O–H groups in total. The van der Waals surface area contributed by atoms with Crippen LogP contribution in [0.4, 0.5) is 5.69 Å². The summed E-state index contributed by atoms with van der Waals surface area (Å²) < 4.78 is 0. The predicted octanol–water partition coefficient (Wildman–Crippen LogP) is 1.03. The summed E-state index contributed by atoms with van der Waals surface area (Å²) in [6.07, 6.45) is -0.346. The Morgan fingerprint density at radius 3 is 2.59 bits per heavy atom. The molecular formula is C18H15Cl2N5O4. The van der Waals surface area contributed by atoms with Gasteiger partial charge in [0.15, 0.2) is 5.60 Å². The fourth-order valence-corrected chi connectivity index (χ4v) is 3.39. The largest absolute Gasteiger partial charge is 0.375 e. The Labute approximate surface area is 174 Å². The van der Waals surface area contributed by atoms with E-state index in [2.05, 4.69) is 10.4 Å². The van der Waals surface area contributed by atoms with Crippen LogP contribution in [0.2, 0.25) is 10.0 Å². The lowest BCUT2D eigenvalue weighted by atomic mass is 9.87. The number of rotatable bonds is 4. The molecule has 0 saturated carbocycles. The van der Waals surface area contributed by atoms with Crippen LogP contribution in [-0.2, 0) is 20.0 Å². The van der Waals surface area contributed by atoms with Crippen LogP contribution in [0.25, 0.3) is 0 Å². The number of hydrazine groups is 1. The molecule has 11 heteroatoms. The second kappa shape index (κ2) is 8.18. The van der Waals surface area contributed by atoms with Gasteiger partial charge in [0.1, 0.15) is 0 Å². The van der Waals surface area contributed by atoms with E-state index < -0.39 is 23.3 Å². The molecule has 0 bridgehead atoms. The third-order valence-corrected chi connectivity index (χ3v) is 4.84. The van der Waals surface area contributed by atoms with E-state index in [0.29, 0.717) is 21.8 Å². The van der Waals surface area contributed by atoms with E-state index in [0.717, 1.165) is 0 Å². The number of hydrogen-bond acceptors (Lipinski definition) is 6. The number of hydrazone groups is 1. The van der Waals surface area contributed by atoms with Crippen molar-refractivity contribution >= 4 is 52.3 Å². The maximum atomic E-state index is 12.5. The van der Waals surface area contributed by atoms with E-state index in [1.165, 1.54) is 18.2 Å². The van der Waals surface area contributed by atoms with Crippen LogP contribution in [0, 0.1) is 0 Å². The average Bonchev–Trinajstić information content (AvgIpc) is 2.95. The number of hydrogen-bond donors (Lipinski definition) is 5. The van der Waals surface area contributed by atoms with Crippen LogP contribution in [0.15, 0.2) is 47.6 Å². The van der Waals surface area contributed by atoms with Gasteiger partial charge in [-0.1, -0.05) is 47.5 Å². The second-order valence-electron chi connectivity index (χ2n) is 6.13. The molecule has 0 unspecified atom stereocenters. The molecule has 3 rings (SSSR count). The summed E-state index contributed by atoms with van der Waals surface area (Å²) in [4.78, 5) is 35.6. The number of nitrogens with two attached hydrogens (primary N) is 1. The summed E-state index contributed by atoms with van der Waals surface area (Å²) in [5, 5.41) is 18.2. The lowest BCUT2D eigenvalue weighted by Crippen LogP contribution is -2.42. The topological polar surface area (TPSA) is 146 Å². The van der Waals surface area contributed by atoms with Gasteiger partial charge in [-0.2, -0.15) is 5.10 Å². The Morgan fingerprint density at radius 2 is 1.90 bits per heavy atom. The van der Waals surface area contributed by atoms with Crippen molar-refractivity contribution in [3.05, 3.63) is 63.6 Å². The zero-order valence-corrected chi connectivity index (χ0v) is 16.2. The Morgan fingerprint density at radius 1 is 1.17 bits per heavy atom. The Hall–Kier alpha value is -2.98. The van der Waals surface area contributed by atoms with Crippen LogP contribution in [0.5, 0.6) is 0 Å². The summed E-state index contributed by atoms with van der Waals surface area (Å²) in [5.41, 5.74) is 2.86. The number of amides is 3. The molecule has 9 nitrogen and oxygen atoms in total. The number of nitrogens with zero attached hydrogens (tertiary/aromatic N) is 1. The smallest absolute Gasteiger partial charge is 0.330 e. The minimum atomic E-state index is -1.97. The van der Waals surface area contributed by atoms with Crippen molar-refractivity contribution in [3.63, 3.8) is 0 Å². The number of carbonyl (C=O) groups excluding carboxylic acids is 3. The maximum Gasteiger partial charge on any atom is 0.330 e. The number of nitrogens with one attached hydrogen (secondary N) is 3. The molecule has 1 atom stereocenters. The first-order chi connectivity index (χ1) is 13.8. The van der Waals surface area contributed by atoms with Crippen molar-refractivity contribution < 1.29 is 19.5 Å². The standard InChI is InChI=1S/C18H15Cl2N5O4/c19-9-5-6-10(12(20)7-9)14(24-25-16(27)15(26)23-21)8-18(29)11-3-1-2-4-13(11)22-17(18)28/h1-7,29H,8,21H2,(H,22,28)(H,23,26)(H,25,27)/b24-14-/t18-/m0/s1. The number of fused-ring (bicyclic) bond motifs is 1. The van der Waals surface area contributed by atoms with Gasteiger partial charge in [-0.15, -0.1) is 0 Å². The van der Waals surface area contributed by atoms with Gasteiger partial charge in [-0.3, -0.25) is 19.8 Å². The highest BCUT2D eigenvalue weighted by molar-refractivity contribution is 6.37. The van der Waals surface area contributed by atoms with E-state index in [1.807, 2.05) is 5.43 Å². The molecule has 3 amide bonds. The van der Waals surface area contributed by atoms with Gasteiger partial charge in [0.05, 0.1) is 10.7 Å². The normalized spacial score (nSPS) is 18.1. The fraction of sp³-hybridized carbons (Fsp3) is 0.111. The highest BCUT2D eigenvalue weighted by Crippen LogP contribution is 2.39. The van der Waals surface area contributed by atoms with Crippen molar-refractivity contribution in [2.24, 2.45) is 10.9 Å². The summed E-state index contributed by atoms with van der Waals surface area (Å²) in [5.74, 6) is 1.99. The zero-order chi connectivity index (χ0) is 21.2. The summed E-state index contributed by atoms with van der Waals surface area (Å²) in [6, 6.07) is 11.1. The maximum absolute atomic E-state index is 12.5. The molecule has 2 aromatic carbocycles. The summed E-state index contributed by atoms with van der Waals surface area (Å²) >= 11 is 12.2. The van der Waals surface area contributed by atoms with Crippen LogP contribution in [-0.4, -0.2) is 28.5 Å². The first-order valence-electron chi connectivity index (χ1n) is 8.22. The minimum Gasteiger partial charge on any atom is -0.375 e. The summed E-state index contributed by atoms with van der Waals surface area (Å²) in [6.45, 7) is 0. The molecule has 0 radical (unpaired) electrons. The van der Waals surface area contributed by atoms with E-state index in [1.54, 1.807) is 29.7 Å². The van der Waals surface area contributed by atoms with Crippen LogP contribution >= 0.6 is 23.2 Å². The van der Waals surface area contributed by atoms with Gasteiger partial charge < -0.3 is 10.4 Å². The van der Waals surface area contributed by atoms with Crippen molar-refractivity contribution in [2.75, 3.05) is 5.32 Å². The zero-order valence-electron chi connectivity index (χ0n) is 14.7. The molecule has 1 heterocycles. The van der Waals surface area contributed by atoms with Gasteiger partial charge in [0.2, 0.25) is 0 Å². The van der Waals surface area contributed by atoms with Crippen molar-refractivity contribution in [1.82, 2.24) is 10.9 Å². The molecule has 29 heavy (non-hydrogen) atoms. The average molecular weight is 436 g/mol. The monoisotopic (exact) mass is 435 g/mol. The minimum absolute atomic E-state index is 0.0409.